The smallest absolute Gasteiger partial charge is 0.407 e. The highest BCUT2D eigenvalue weighted by Crippen LogP contribution is 2.33. The van der Waals surface area contributed by atoms with E-state index in [0.29, 0.717) is 10.7 Å². The van der Waals surface area contributed by atoms with Gasteiger partial charge in [-0.1, -0.05) is 5.16 Å². The number of halogens is 1. The van der Waals surface area contributed by atoms with Crippen LogP contribution in [-0.4, -0.2) is 45.2 Å². The first-order chi connectivity index (χ1) is 8.61. The first kappa shape index (κ1) is 12.7. The Morgan fingerprint density at radius 3 is 3.17 bits per heavy atom. The van der Waals surface area contributed by atoms with Crippen molar-refractivity contribution in [3.63, 3.8) is 0 Å². The molecule has 2 atom stereocenters. The summed E-state index contributed by atoms with van der Waals surface area (Å²) in [7, 11) is 0. The number of hydrogen-bond acceptors (Lipinski definition) is 5. The Morgan fingerprint density at radius 2 is 2.50 bits per heavy atom. The van der Waals surface area contributed by atoms with Gasteiger partial charge in [-0.2, -0.15) is 0 Å². The second kappa shape index (κ2) is 5.30. The summed E-state index contributed by atoms with van der Waals surface area (Å²) in [5, 5.41) is 22.5. The quantitative estimate of drug-likeness (QED) is 0.491. The number of nitrogens with zero attached hydrogens (tertiary/aromatic N) is 3. The maximum absolute atomic E-state index is 13.4. The molecule has 0 spiro atoms. The average molecular weight is 273 g/mol. The van der Waals surface area contributed by atoms with E-state index in [2.05, 4.69) is 10.1 Å². The van der Waals surface area contributed by atoms with Gasteiger partial charge in [0.15, 0.2) is 0 Å². The van der Waals surface area contributed by atoms with Crippen LogP contribution in [0.15, 0.2) is 10.5 Å². The summed E-state index contributed by atoms with van der Waals surface area (Å²) in [5.41, 5.74) is 0.434. The van der Waals surface area contributed by atoms with Crippen LogP contribution in [0.3, 0.4) is 0 Å². The molecule has 2 rings (SSSR count). The van der Waals surface area contributed by atoms with Crippen LogP contribution in [0.1, 0.15) is 29.6 Å². The zero-order valence-electron chi connectivity index (χ0n) is 9.36. The predicted molar refractivity (Wildman–Crippen MR) is 63.1 cm³/mol. The lowest BCUT2D eigenvalue weighted by Gasteiger charge is -2.33. The zero-order valence-corrected chi connectivity index (χ0v) is 10.2. The lowest BCUT2D eigenvalue weighted by molar-refractivity contribution is 0.0779. The summed E-state index contributed by atoms with van der Waals surface area (Å²) >= 11 is 1.23. The first-order valence-corrected chi connectivity index (χ1v) is 6.26. The number of carboxylic acid groups (broad SMARTS) is 1. The van der Waals surface area contributed by atoms with Crippen molar-refractivity contribution in [2.24, 2.45) is 5.16 Å². The molecule has 1 aromatic heterocycles. The molecule has 1 aliphatic heterocycles. The highest BCUT2D eigenvalue weighted by Gasteiger charge is 2.34. The van der Waals surface area contributed by atoms with Crippen molar-refractivity contribution >= 4 is 23.6 Å². The second-order valence-corrected chi connectivity index (χ2v) is 4.86. The highest BCUT2D eigenvalue weighted by molar-refractivity contribution is 7.09. The fraction of sp³-hybridized carbons (Fsp3) is 0.500. The van der Waals surface area contributed by atoms with E-state index in [-0.39, 0.29) is 19.4 Å². The number of thiazole rings is 1. The summed E-state index contributed by atoms with van der Waals surface area (Å²) in [6.07, 6.45) is -0.584. The summed E-state index contributed by atoms with van der Waals surface area (Å²) < 4.78 is 13.4. The minimum absolute atomic E-state index is 0.121. The van der Waals surface area contributed by atoms with E-state index in [1.807, 2.05) is 0 Å². The van der Waals surface area contributed by atoms with Crippen LogP contribution in [-0.2, 0) is 0 Å². The number of oxime groups is 1. The third-order valence-electron chi connectivity index (χ3n) is 2.80. The van der Waals surface area contributed by atoms with Gasteiger partial charge in [-0.05, 0) is 6.42 Å². The lowest BCUT2D eigenvalue weighted by Crippen LogP contribution is -2.40. The first-order valence-electron chi connectivity index (χ1n) is 5.38. The van der Waals surface area contributed by atoms with E-state index < -0.39 is 18.3 Å². The Balaban J connectivity index is 2.23. The van der Waals surface area contributed by atoms with Crippen LogP contribution in [0.2, 0.25) is 0 Å². The standard InChI is InChI=1S/C10H12FN3O3S/c11-6-1-2-14(10(15)16)8(3-6)9-13-7(4-12-17)5-18-9/h4-6,8,17H,1-3H2,(H,15,16)/b12-4-. The molecule has 0 bridgehead atoms. The van der Waals surface area contributed by atoms with E-state index in [4.69, 9.17) is 10.3 Å². The molecule has 1 aliphatic rings. The third-order valence-corrected chi connectivity index (χ3v) is 3.76. The molecule has 0 aromatic carbocycles. The molecular weight excluding hydrogens is 261 g/mol. The normalized spacial score (nSPS) is 24.6. The molecule has 0 aliphatic carbocycles. The number of aromatic nitrogens is 1. The fourth-order valence-electron chi connectivity index (χ4n) is 1.96. The molecule has 2 N–H and O–H groups in total. The lowest BCUT2D eigenvalue weighted by atomic mass is 10.0. The number of rotatable bonds is 2. The molecule has 1 saturated heterocycles. The van der Waals surface area contributed by atoms with E-state index in [9.17, 15) is 9.18 Å². The Kier molecular flexibility index (Phi) is 3.75. The minimum atomic E-state index is -1.07. The van der Waals surface area contributed by atoms with E-state index in [1.54, 1.807) is 5.38 Å². The van der Waals surface area contributed by atoms with Crippen LogP contribution in [0.5, 0.6) is 0 Å². The van der Waals surface area contributed by atoms with Gasteiger partial charge in [-0.25, -0.2) is 14.2 Å². The number of amides is 1. The van der Waals surface area contributed by atoms with Gasteiger partial charge in [-0.15, -0.1) is 11.3 Å². The van der Waals surface area contributed by atoms with Gasteiger partial charge in [-0.3, -0.25) is 4.90 Å². The molecule has 1 amide bonds. The molecule has 6 nitrogen and oxygen atoms in total. The number of likely N-dealkylation sites (tertiary alicyclic amines) is 1. The largest absolute Gasteiger partial charge is 0.465 e. The van der Waals surface area contributed by atoms with Crippen molar-refractivity contribution in [1.29, 1.82) is 0 Å². The summed E-state index contributed by atoms with van der Waals surface area (Å²) in [4.78, 5) is 16.4. The Bertz CT molecular complexity index is 465. The molecule has 0 radical (unpaired) electrons. The van der Waals surface area contributed by atoms with Crippen LogP contribution in [0.25, 0.3) is 0 Å². The van der Waals surface area contributed by atoms with Crippen molar-refractivity contribution in [3.05, 3.63) is 16.1 Å². The Hall–Kier alpha value is -1.70. The van der Waals surface area contributed by atoms with Crippen molar-refractivity contribution in [3.8, 4) is 0 Å². The van der Waals surface area contributed by atoms with Gasteiger partial charge in [0.1, 0.15) is 11.2 Å². The molecule has 2 unspecified atom stereocenters. The van der Waals surface area contributed by atoms with Crippen molar-refractivity contribution < 1.29 is 19.5 Å². The van der Waals surface area contributed by atoms with E-state index in [0.717, 1.165) is 6.21 Å². The fourth-order valence-corrected chi connectivity index (χ4v) is 2.85. The van der Waals surface area contributed by atoms with Crippen molar-refractivity contribution in [1.82, 2.24) is 9.88 Å². The maximum Gasteiger partial charge on any atom is 0.407 e. The summed E-state index contributed by atoms with van der Waals surface area (Å²) in [6.45, 7) is 0.171. The number of hydrogen-bond donors (Lipinski definition) is 2. The minimum Gasteiger partial charge on any atom is -0.465 e. The zero-order chi connectivity index (χ0) is 13.1. The van der Waals surface area contributed by atoms with E-state index in [1.165, 1.54) is 16.2 Å². The highest BCUT2D eigenvalue weighted by atomic mass is 32.1. The van der Waals surface area contributed by atoms with Gasteiger partial charge < -0.3 is 10.3 Å². The number of carbonyl (C=O) groups is 1. The Morgan fingerprint density at radius 1 is 1.72 bits per heavy atom. The van der Waals surface area contributed by atoms with Gasteiger partial charge in [0.25, 0.3) is 0 Å². The molecule has 8 heteroatoms. The SMILES string of the molecule is O=C(O)N1CCC(F)CC1c1nc(/C=N\O)cs1. The molecule has 1 fully saturated rings. The Labute approximate surface area is 106 Å². The molecular formula is C10H12FN3O3S. The van der Waals surface area contributed by atoms with E-state index >= 15 is 0 Å². The molecule has 2 heterocycles. The molecule has 98 valence electrons. The van der Waals surface area contributed by atoms with Gasteiger partial charge in [0.2, 0.25) is 0 Å². The van der Waals surface area contributed by atoms with Crippen LogP contribution >= 0.6 is 11.3 Å². The monoisotopic (exact) mass is 273 g/mol. The van der Waals surface area contributed by atoms with Crippen LogP contribution < -0.4 is 0 Å². The average Bonchev–Trinajstić information content (AvgIpc) is 2.77. The maximum atomic E-state index is 13.4. The number of piperidine rings is 1. The molecule has 18 heavy (non-hydrogen) atoms. The van der Waals surface area contributed by atoms with Gasteiger partial charge >= 0.3 is 6.09 Å². The second-order valence-electron chi connectivity index (χ2n) is 3.97. The van der Waals surface area contributed by atoms with Crippen LogP contribution in [0, 0.1) is 0 Å². The van der Waals surface area contributed by atoms with Gasteiger partial charge in [0, 0.05) is 18.3 Å². The molecule has 0 saturated carbocycles. The number of alkyl halides is 1. The van der Waals surface area contributed by atoms with Gasteiger partial charge in [0.05, 0.1) is 18.0 Å². The summed E-state index contributed by atoms with van der Waals surface area (Å²) in [6, 6.07) is -0.558. The third kappa shape index (κ3) is 2.58. The van der Waals surface area contributed by atoms with Crippen molar-refractivity contribution in [2.75, 3.05) is 6.54 Å². The summed E-state index contributed by atoms with van der Waals surface area (Å²) in [5.74, 6) is 0. The van der Waals surface area contributed by atoms with Crippen LogP contribution in [0.4, 0.5) is 9.18 Å². The predicted octanol–water partition coefficient (Wildman–Crippen LogP) is 2.10. The van der Waals surface area contributed by atoms with Crippen molar-refractivity contribution in [2.45, 2.75) is 25.1 Å². The molecule has 1 aromatic rings. The topological polar surface area (TPSA) is 86.0 Å².